The molecule has 0 radical (unpaired) electrons. The first-order valence-electron chi connectivity index (χ1n) is 10.8. The highest BCUT2D eigenvalue weighted by Gasteiger charge is 2.32. The highest BCUT2D eigenvalue weighted by Crippen LogP contribution is 2.33. The van der Waals surface area contributed by atoms with Crippen LogP contribution < -0.4 is 10.2 Å². The van der Waals surface area contributed by atoms with E-state index < -0.39 is 11.7 Å². The summed E-state index contributed by atoms with van der Waals surface area (Å²) in [5.41, 5.74) is 2.18. The van der Waals surface area contributed by atoms with Crippen molar-refractivity contribution in [2.75, 3.05) is 36.4 Å². The number of pyridine rings is 1. The van der Waals surface area contributed by atoms with Crippen LogP contribution in [0.15, 0.2) is 30.5 Å². The zero-order valence-electron chi connectivity index (χ0n) is 18.3. The summed E-state index contributed by atoms with van der Waals surface area (Å²) in [6.45, 7) is 6.07. The number of aromatic nitrogens is 1. The molecule has 0 unspecified atom stereocenters. The van der Waals surface area contributed by atoms with Crippen LogP contribution in [0.25, 0.3) is 0 Å². The number of halogens is 4. The number of rotatable bonds is 5. The standard InChI is InChI=1S/C23H28ClF3N4O/c1-3-4-6-17-7-8-20(16(2)13-17)29-22(32)31-10-5-9-30(11-12-31)21-19(24)14-18(15-28-21)23(25,26)27/h7-8,13-15H,3-6,9-12H2,1-2H3,(H,29,32). The van der Waals surface area contributed by atoms with Gasteiger partial charge in [-0.25, -0.2) is 9.78 Å². The van der Waals surface area contributed by atoms with Gasteiger partial charge in [-0.3, -0.25) is 0 Å². The Morgan fingerprint density at radius 3 is 2.62 bits per heavy atom. The van der Waals surface area contributed by atoms with Crippen LogP contribution in [0.3, 0.4) is 0 Å². The van der Waals surface area contributed by atoms with Gasteiger partial charge in [0, 0.05) is 38.1 Å². The smallest absolute Gasteiger partial charge is 0.354 e. The fourth-order valence-electron chi connectivity index (χ4n) is 3.75. The molecule has 0 spiro atoms. The van der Waals surface area contributed by atoms with E-state index in [2.05, 4.69) is 23.3 Å². The molecule has 2 heterocycles. The normalized spacial score (nSPS) is 14.9. The number of hydrogen-bond donors (Lipinski definition) is 1. The van der Waals surface area contributed by atoms with Crippen LogP contribution in [0.1, 0.15) is 42.9 Å². The molecule has 2 aromatic rings. The number of nitrogens with zero attached hydrogens (tertiary/aromatic N) is 3. The van der Waals surface area contributed by atoms with Gasteiger partial charge in [0.1, 0.15) is 5.82 Å². The lowest BCUT2D eigenvalue weighted by Crippen LogP contribution is -2.38. The molecule has 2 amide bonds. The van der Waals surface area contributed by atoms with Crippen LogP contribution in [0, 0.1) is 6.92 Å². The molecule has 1 fully saturated rings. The van der Waals surface area contributed by atoms with Crippen LogP contribution in [0.2, 0.25) is 5.02 Å². The first-order chi connectivity index (χ1) is 15.2. The second kappa shape index (κ2) is 10.4. The number of alkyl halides is 3. The van der Waals surface area contributed by atoms with Gasteiger partial charge in [-0.1, -0.05) is 37.1 Å². The van der Waals surface area contributed by atoms with Crippen molar-refractivity contribution in [1.29, 1.82) is 0 Å². The summed E-state index contributed by atoms with van der Waals surface area (Å²) in [4.78, 5) is 20.3. The summed E-state index contributed by atoms with van der Waals surface area (Å²) < 4.78 is 38.6. The molecule has 1 aromatic carbocycles. The van der Waals surface area contributed by atoms with Gasteiger partial charge in [-0.2, -0.15) is 13.2 Å². The van der Waals surface area contributed by atoms with Gasteiger partial charge in [0.05, 0.1) is 10.6 Å². The number of benzene rings is 1. The lowest BCUT2D eigenvalue weighted by Gasteiger charge is -2.24. The third-order valence-electron chi connectivity index (χ3n) is 5.58. The first kappa shape index (κ1) is 24.2. The minimum absolute atomic E-state index is 0.0449. The van der Waals surface area contributed by atoms with Gasteiger partial charge in [0.2, 0.25) is 0 Å². The average Bonchev–Trinajstić information content (AvgIpc) is 2.99. The van der Waals surface area contributed by atoms with Crippen LogP contribution in [-0.4, -0.2) is 42.1 Å². The van der Waals surface area contributed by atoms with E-state index in [9.17, 15) is 18.0 Å². The molecule has 174 valence electrons. The predicted octanol–water partition coefficient (Wildman–Crippen LogP) is 6.15. The minimum Gasteiger partial charge on any atom is -0.354 e. The molecular weight excluding hydrogens is 441 g/mol. The van der Waals surface area contributed by atoms with Gasteiger partial charge in [0.25, 0.3) is 0 Å². The van der Waals surface area contributed by atoms with E-state index >= 15 is 0 Å². The molecule has 1 N–H and O–H groups in total. The lowest BCUT2D eigenvalue weighted by molar-refractivity contribution is -0.137. The molecule has 1 aliphatic heterocycles. The second-order valence-electron chi connectivity index (χ2n) is 8.04. The second-order valence-corrected chi connectivity index (χ2v) is 8.45. The molecule has 9 heteroatoms. The fourth-order valence-corrected chi connectivity index (χ4v) is 4.03. The Morgan fingerprint density at radius 1 is 1.19 bits per heavy atom. The number of aryl methyl sites for hydroxylation is 2. The van der Waals surface area contributed by atoms with Crippen molar-refractivity contribution in [3.63, 3.8) is 0 Å². The van der Waals surface area contributed by atoms with Crippen molar-refractivity contribution in [1.82, 2.24) is 9.88 Å². The van der Waals surface area contributed by atoms with Gasteiger partial charge in [0.15, 0.2) is 0 Å². The minimum atomic E-state index is -4.49. The van der Waals surface area contributed by atoms with Gasteiger partial charge < -0.3 is 15.1 Å². The highest BCUT2D eigenvalue weighted by atomic mass is 35.5. The third kappa shape index (κ3) is 6.06. The van der Waals surface area contributed by atoms with Crippen molar-refractivity contribution in [2.45, 2.75) is 45.7 Å². The monoisotopic (exact) mass is 468 g/mol. The summed E-state index contributed by atoms with van der Waals surface area (Å²) in [6, 6.07) is 6.79. The first-order valence-corrected chi connectivity index (χ1v) is 11.2. The Hall–Kier alpha value is -2.48. The van der Waals surface area contributed by atoms with Crippen LogP contribution in [0.4, 0.5) is 29.5 Å². The number of anilines is 2. The quantitative estimate of drug-likeness (QED) is 0.572. The number of hydrogen-bond acceptors (Lipinski definition) is 3. The topological polar surface area (TPSA) is 48.5 Å². The highest BCUT2D eigenvalue weighted by molar-refractivity contribution is 6.33. The van der Waals surface area contributed by atoms with Crippen molar-refractivity contribution >= 4 is 29.1 Å². The molecule has 0 aliphatic carbocycles. The van der Waals surface area contributed by atoms with E-state index in [-0.39, 0.29) is 11.1 Å². The average molecular weight is 469 g/mol. The van der Waals surface area contributed by atoms with Crippen molar-refractivity contribution in [3.8, 4) is 0 Å². The Kier molecular flexibility index (Phi) is 7.87. The van der Waals surface area contributed by atoms with Crippen LogP contribution in [-0.2, 0) is 12.6 Å². The molecule has 32 heavy (non-hydrogen) atoms. The predicted molar refractivity (Wildman–Crippen MR) is 121 cm³/mol. The zero-order valence-corrected chi connectivity index (χ0v) is 19.1. The lowest BCUT2D eigenvalue weighted by atomic mass is 10.0. The maximum Gasteiger partial charge on any atom is 0.417 e. The van der Waals surface area contributed by atoms with Crippen LogP contribution >= 0.6 is 11.6 Å². The Bertz CT molecular complexity index is 951. The Balaban J connectivity index is 1.62. The molecule has 3 rings (SSSR count). The number of urea groups is 1. The third-order valence-corrected chi connectivity index (χ3v) is 5.86. The SMILES string of the molecule is CCCCc1ccc(NC(=O)N2CCCN(c3ncc(C(F)(F)F)cc3Cl)CC2)c(C)c1. The maximum absolute atomic E-state index is 12.9. The number of carbonyl (C=O) groups excluding carboxylic acids is 1. The molecule has 1 saturated heterocycles. The van der Waals surface area contributed by atoms with E-state index in [0.717, 1.165) is 42.8 Å². The van der Waals surface area contributed by atoms with Gasteiger partial charge in [-0.15, -0.1) is 0 Å². The maximum atomic E-state index is 12.9. The summed E-state index contributed by atoms with van der Waals surface area (Å²) in [7, 11) is 0. The van der Waals surface area contributed by atoms with Crippen LogP contribution in [0.5, 0.6) is 0 Å². The molecule has 1 aliphatic rings. The Morgan fingerprint density at radius 2 is 1.97 bits per heavy atom. The zero-order chi connectivity index (χ0) is 23.3. The molecule has 0 saturated carbocycles. The molecule has 5 nitrogen and oxygen atoms in total. The molecule has 1 aromatic heterocycles. The van der Waals surface area contributed by atoms with E-state index in [1.165, 1.54) is 5.56 Å². The molecule has 0 atom stereocenters. The number of amides is 2. The van der Waals surface area contributed by atoms with Crippen molar-refractivity contribution < 1.29 is 18.0 Å². The van der Waals surface area contributed by atoms with Crippen molar-refractivity contribution in [2.24, 2.45) is 0 Å². The summed E-state index contributed by atoms with van der Waals surface area (Å²) in [5.74, 6) is 0.306. The summed E-state index contributed by atoms with van der Waals surface area (Å²) in [6.07, 6.45) is 0.248. The van der Waals surface area contributed by atoms with E-state index in [0.29, 0.717) is 38.4 Å². The summed E-state index contributed by atoms with van der Waals surface area (Å²) in [5, 5.41) is 2.94. The molecular formula is C23H28ClF3N4O. The van der Waals surface area contributed by atoms with E-state index in [1.807, 2.05) is 24.0 Å². The number of unbranched alkanes of at least 4 members (excludes halogenated alkanes) is 1. The van der Waals surface area contributed by atoms with E-state index in [1.54, 1.807) is 4.90 Å². The summed E-state index contributed by atoms with van der Waals surface area (Å²) >= 11 is 6.09. The molecule has 0 bridgehead atoms. The number of carbonyl (C=O) groups is 1. The number of nitrogens with one attached hydrogen (secondary N) is 1. The van der Waals surface area contributed by atoms with Gasteiger partial charge >= 0.3 is 12.2 Å². The van der Waals surface area contributed by atoms with Gasteiger partial charge in [-0.05, 0) is 49.4 Å². The van der Waals surface area contributed by atoms with Crippen molar-refractivity contribution in [3.05, 3.63) is 52.2 Å². The van der Waals surface area contributed by atoms with E-state index in [4.69, 9.17) is 11.6 Å². The fraction of sp³-hybridized carbons (Fsp3) is 0.478. The Labute approximate surface area is 191 Å². The largest absolute Gasteiger partial charge is 0.417 e.